The number of hydrogen-bond acceptors (Lipinski definition) is 3. The first kappa shape index (κ1) is 11.4. The Balaban J connectivity index is 2.23. The third-order valence-corrected chi connectivity index (χ3v) is 2.99. The number of benzene rings is 1. The van der Waals surface area contributed by atoms with Crippen LogP contribution >= 0.6 is 0 Å². The van der Waals surface area contributed by atoms with Gasteiger partial charge >= 0.3 is 0 Å². The van der Waals surface area contributed by atoms with E-state index in [9.17, 15) is 0 Å². The highest BCUT2D eigenvalue weighted by atomic mass is 16.5. The average Bonchev–Trinajstić information content (AvgIpc) is 2.27. The molecular formula is C13H20N2O. The van der Waals surface area contributed by atoms with Crippen LogP contribution in [0.25, 0.3) is 0 Å². The maximum absolute atomic E-state index is 5.40. The van der Waals surface area contributed by atoms with Crippen molar-refractivity contribution in [3.05, 3.63) is 29.8 Å². The molecule has 88 valence electrons. The zero-order valence-electron chi connectivity index (χ0n) is 10.2. The van der Waals surface area contributed by atoms with Crippen molar-refractivity contribution in [3.63, 3.8) is 0 Å². The van der Waals surface area contributed by atoms with E-state index < -0.39 is 0 Å². The zero-order chi connectivity index (χ0) is 11.6. The quantitative estimate of drug-likeness (QED) is 0.796. The second kappa shape index (κ2) is 4.44. The SMILES string of the molecule is COc1ccccc1C1CNCC(C)(C)N1. The summed E-state index contributed by atoms with van der Waals surface area (Å²) in [7, 11) is 1.72. The van der Waals surface area contributed by atoms with Crippen molar-refractivity contribution in [2.45, 2.75) is 25.4 Å². The molecule has 1 atom stereocenters. The van der Waals surface area contributed by atoms with E-state index in [1.165, 1.54) is 5.56 Å². The van der Waals surface area contributed by atoms with Gasteiger partial charge in [-0.05, 0) is 19.9 Å². The molecule has 2 N–H and O–H groups in total. The van der Waals surface area contributed by atoms with Crippen molar-refractivity contribution < 1.29 is 4.74 Å². The normalized spacial score (nSPS) is 24.1. The molecule has 0 radical (unpaired) electrons. The van der Waals surface area contributed by atoms with Gasteiger partial charge in [0.15, 0.2) is 0 Å². The molecule has 0 spiro atoms. The Labute approximate surface area is 97.2 Å². The zero-order valence-corrected chi connectivity index (χ0v) is 10.2. The van der Waals surface area contributed by atoms with Crippen molar-refractivity contribution in [1.82, 2.24) is 10.6 Å². The fourth-order valence-electron chi connectivity index (χ4n) is 2.24. The van der Waals surface area contributed by atoms with E-state index in [1.807, 2.05) is 12.1 Å². The van der Waals surface area contributed by atoms with Crippen LogP contribution in [0.2, 0.25) is 0 Å². The van der Waals surface area contributed by atoms with Crippen molar-refractivity contribution >= 4 is 0 Å². The topological polar surface area (TPSA) is 33.3 Å². The van der Waals surface area contributed by atoms with Crippen LogP contribution in [-0.4, -0.2) is 25.7 Å². The van der Waals surface area contributed by atoms with Crippen LogP contribution in [0, 0.1) is 0 Å². The van der Waals surface area contributed by atoms with E-state index in [2.05, 4.69) is 36.6 Å². The van der Waals surface area contributed by atoms with Gasteiger partial charge in [-0.25, -0.2) is 0 Å². The number of rotatable bonds is 2. The Kier molecular flexibility index (Phi) is 3.17. The fourth-order valence-corrected chi connectivity index (χ4v) is 2.24. The van der Waals surface area contributed by atoms with E-state index in [-0.39, 0.29) is 5.54 Å². The molecule has 1 aliphatic heterocycles. The van der Waals surface area contributed by atoms with E-state index in [4.69, 9.17) is 4.74 Å². The Hall–Kier alpha value is -1.06. The summed E-state index contributed by atoms with van der Waals surface area (Å²) in [6, 6.07) is 8.52. The van der Waals surface area contributed by atoms with Crippen molar-refractivity contribution in [3.8, 4) is 5.75 Å². The van der Waals surface area contributed by atoms with E-state index in [0.29, 0.717) is 6.04 Å². The number of piperazine rings is 1. The van der Waals surface area contributed by atoms with Gasteiger partial charge in [-0.1, -0.05) is 18.2 Å². The molecule has 1 fully saturated rings. The molecule has 1 aromatic carbocycles. The summed E-state index contributed by atoms with van der Waals surface area (Å²) in [5.41, 5.74) is 1.36. The van der Waals surface area contributed by atoms with Gasteiger partial charge in [0.2, 0.25) is 0 Å². The Morgan fingerprint density at radius 2 is 2.06 bits per heavy atom. The minimum Gasteiger partial charge on any atom is -0.496 e. The summed E-state index contributed by atoms with van der Waals surface area (Å²) >= 11 is 0. The Morgan fingerprint density at radius 3 is 2.75 bits per heavy atom. The third kappa shape index (κ3) is 2.36. The number of hydrogen-bond donors (Lipinski definition) is 2. The lowest BCUT2D eigenvalue weighted by atomic mass is 9.96. The van der Waals surface area contributed by atoms with E-state index in [1.54, 1.807) is 7.11 Å². The second-order valence-corrected chi connectivity index (χ2v) is 4.95. The van der Waals surface area contributed by atoms with Crippen LogP contribution in [0.3, 0.4) is 0 Å². The summed E-state index contributed by atoms with van der Waals surface area (Å²) in [4.78, 5) is 0. The molecule has 16 heavy (non-hydrogen) atoms. The highest BCUT2D eigenvalue weighted by molar-refractivity contribution is 5.36. The molecule has 0 aromatic heterocycles. The lowest BCUT2D eigenvalue weighted by molar-refractivity contribution is 0.260. The standard InChI is InChI=1S/C13H20N2O/c1-13(2)9-14-8-11(15-13)10-6-4-5-7-12(10)16-3/h4-7,11,14-15H,8-9H2,1-3H3. The minimum atomic E-state index is 0.129. The number of para-hydroxylation sites is 1. The van der Waals surface area contributed by atoms with Crippen molar-refractivity contribution in [2.75, 3.05) is 20.2 Å². The van der Waals surface area contributed by atoms with Crippen molar-refractivity contribution in [1.29, 1.82) is 0 Å². The van der Waals surface area contributed by atoms with Gasteiger partial charge in [-0.3, -0.25) is 0 Å². The second-order valence-electron chi connectivity index (χ2n) is 4.95. The summed E-state index contributed by atoms with van der Waals surface area (Å²) in [6.45, 7) is 6.37. The molecule has 0 aliphatic carbocycles. The highest BCUT2D eigenvalue weighted by Gasteiger charge is 2.28. The van der Waals surface area contributed by atoms with Gasteiger partial charge in [0, 0.05) is 30.2 Å². The highest BCUT2D eigenvalue weighted by Crippen LogP contribution is 2.27. The van der Waals surface area contributed by atoms with Gasteiger partial charge < -0.3 is 15.4 Å². The van der Waals surface area contributed by atoms with Crippen LogP contribution < -0.4 is 15.4 Å². The summed E-state index contributed by atoms with van der Waals surface area (Å²) < 4.78 is 5.40. The van der Waals surface area contributed by atoms with Crippen LogP contribution in [0.15, 0.2) is 24.3 Å². The maximum atomic E-state index is 5.40. The van der Waals surface area contributed by atoms with Crippen molar-refractivity contribution in [2.24, 2.45) is 0 Å². The predicted molar refractivity (Wildman–Crippen MR) is 65.8 cm³/mol. The number of methoxy groups -OCH3 is 1. The van der Waals surface area contributed by atoms with Crippen LogP contribution in [0.4, 0.5) is 0 Å². The lowest BCUT2D eigenvalue weighted by Crippen LogP contribution is -2.56. The molecule has 1 saturated heterocycles. The summed E-state index contributed by atoms with van der Waals surface area (Å²) in [6.07, 6.45) is 0. The smallest absolute Gasteiger partial charge is 0.123 e. The van der Waals surface area contributed by atoms with Crippen LogP contribution in [0.5, 0.6) is 5.75 Å². The first-order valence-electron chi connectivity index (χ1n) is 5.74. The Morgan fingerprint density at radius 1 is 1.31 bits per heavy atom. The van der Waals surface area contributed by atoms with Gasteiger partial charge in [-0.15, -0.1) is 0 Å². The molecule has 3 nitrogen and oxygen atoms in total. The number of nitrogens with one attached hydrogen (secondary N) is 2. The third-order valence-electron chi connectivity index (χ3n) is 2.99. The first-order valence-corrected chi connectivity index (χ1v) is 5.74. The predicted octanol–water partition coefficient (Wildman–Crippen LogP) is 1.71. The van der Waals surface area contributed by atoms with E-state index >= 15 is 0 Å². The molecule has 0 saturated carbocycles. The largest absolute Gasteiger partial charge is 0.496 e. The molecule has 0 amide bonds. The summed E-state index contributed by atoms with van der Waals surface area (Å²) in [5.74, 6) is 0.958. The summed E-state index contributed by atoms with van der Waals surface area (Å²) in [5, 5.41) is 7.10. The van der Waals surface area contributed by atoms with Gasteiger partial charge in [0.1, 0.15) is 5.75 Å². The lowest BCUT2D eigenvalue weighted by Gasteiger charge is -2.38. The molecule has 3 heteroatoms. The molecule has 1 unspecified atom stereocenters. The van der Waals surface area contributed by atoms with E-state index in [0.717, 1.165) is 18.8 Å². The van der Waals surface area contributed by atoms with Gasteiger partial charge in [-0.2, -0.15) is 0 Å². The molecule has 1 heterocycles. The fraction of sp³-hybridized carbons (Fsp3) is 0.538. The maximum Gasteiger partial charge on any atom is 0.123 e. The molecule has 1 aromatic rings. The van der Waals surface area contributed by atoms with Gasteiger partial charge in [0.25, 0.3) is 0 Å². The number of ether oxygens (including phenoxy) is 1. The van der Waals surface area contributed by atoms with Crippen LogP contribution in [-0.2, 0) is 0 Å². The molecular weight excluding hydrogens is 200 g/mol. The average molecular weight is 220 g/mol. The molecule has 2 rings (SSSR count). The molecule has 1 aliphatic rings. The molecule has 0 bridgehead atoms. The van der Waals surface area contributed by atoms with Gasteiger partial charge in [0.05, 0.1) is 7.11 Å². The minimum absolute atomic E-state index is 0.129. The first-order chi connectivity index (χ1) is 7.62. The van der Waals surface area contributed by atoms with Crippen LogP contribution in [0.1, 0.15) is 25.5 Å². The Bertz CT molecular complexity index is 363. The monoisotopic (exact) mass is 220 g/mol.